The van der Waals surface area contributed by atoms with Crippen LogP contribution in [-0.2, 0) is 19.6 Å². The van der Waals surface area contributed by atoms with E-state index in [1.54, 1.807) is 19.1 Å². The third kappa shape index (κ3) is 5.90. The minimum Gasteiger partial charge on any atom is -0.494 e. The van der Waals surface area contributed by atoms with Crippen LogP contribution in [0.4, 0.5) is 11.4 Å². The molecule has 124 valence electrons. The molecule has 0 saturated carbocycles. The molecule has 0 aliphatic carbocycles. The summed E-state index contributed by atoms with van der Waals surface area (Å²) in [5, 5.41) is 2.61. The predicted octanol–water partition coefficient (Wildman–Crippen LogP) is 1.68. The fourth-order valence-corrected chi connectivity index (χ4v) is 3.39. The van der Waals surface area contributed by atoms with E-state index in [1.807, 2.05) is 0 Å². The molecule has 0 fully saturated rings. The number of benzene rings is 1. The topological polar surface area (TPSA) is 93.7 Å². The minimum atomic E-state index is -3.49. The standard InChI is InChI=1S/C14H22N2O5S/c1-10(8-20-3)9-22(18,19)16-12-5-6-13(15-11(2)17)14(7-12)21-4/h5-7,10,16H,8-9H2,1-4H3,(H,15,17)/t10-/m0/s1. The van der Waals surface area contributed by atoms with Crippen molar-refractivity contribution in [1.82, 2.24) is 0 Å². The first kappa shape index (κ1) is 18.2. The second-order valence-electron chi connectivity index (χ2n) is 5.04. The molecule has 8 heteroatoms. The fraction of sp³-hybridized carbons (Fsp3) is 0.500. The molecule has 0 radical (unpaired) electrons. The highest BCUT2D eigenvalue weighted by Gasteiger charge is 2.16. The second-order valence-corrected chi connectivity index (χ2v) is 6.81. The summed E-state index contributed by atoms with van der Waals surface area (Å²) in [6.45, 7) is 3.54. The molecular formula is C14H22N2O5S. The molecule has 22 heavy (non-hydrogen) atoms. The molecule has 1 rings (SSSR count). The van der Waals surface area contributed by atoms with E-state index in [9.17, 15) is 13.2 Å². The number of hydrogen-bond donors (Lipinski definition) is 2. The number of carbonyl (C=O) groups is 1. The van der Waals surface area contributed by atoms with Crippen LogP contribution in [0.5, 0.6) is 5.75 Å². The Morgan fingerprint density at radius 3 is 2.55 bits per heavy atom. The highest BCUT2D eigenvalue weighted by Crippen LogP contribution is 2.28. The highest BCUT2D eigenvalue weighted by molar-refractivity contribution is 7.92. The minimum absolute atomic E-state index is 0.0450. The number of carbonyl (C=O) groups excluding carboxylic acids is 1. The molecule has 0 aliphatic rings. The van der Waals surface area contributed by atoms with E-state index < -0.39 is 10.0 Å². The summed E-state index contributed by atoms with van der Waals surface area (Å²) in [6, 6.07) is 4.66. The zero-order valence-corrected chi connectivity index (χ0v) is 14.0. The van der Waals surface area contributed by atoms with Crippen LogP contribution >= 0.6 is 0 Å². The molecule has 1 aromatic rings. The molecule has 1 aromatic carbocycles. The van der Waals surface area contributed by atoms with Crippen LogP contribution in [0.3, 0.4) is 0 Å². The normalized spacial score (nSPS) is 12.5. The summed E-state index contributed by atoms with van der Waals surface area (Å²) in [4.78, 5) is 11.1. The maximum atomic E-state index is 12.1. The average Bonchev–Trinajstić information content (AvgIpc) is 2.39. The smallest absolute Gasteiger partial charge is 0.233 e. The maximum absolute atomic E-state index is 12.1. The average molecular weight is 330 g/mol. The fourth-order valence-electron chi connectivity index (χ4n) is 1.98. The van der Waals surface area contributed by atoms with Crippen LogP contribution in [0, 0.1) is 5.92 Å². The van der Waals surface area contributed by atoms with Gasteiger partial charge in [-0.25, -0.2) is 8.42 Å². The maximum Gasteiger partial charge on any atom is 0.233 e. The van der Waals surface area contributed by atoms with Gasteiger partial charge in [-0.2, -0.15) is 0 Å². The van der Waals surface area contributed by atoms with Gasteiger partial charge in [0.15, 0.2) is 0 Å². The van der Waals surface area contributed by atoms with Gasteiger partial charge < -0.3 is 14.8 Å². The van der Waals surface area contributed by atoms with Crippen molar-refractivity contribution >= 4 is 27.3 Å². The SMILES string of the molecule is COC[C@H](C)CS(=O)(=O)Nc1ccc(NC(C)=O)c(OC)c1. The van der Waals surface area contributed by atoms with Crippen LogP contribution in [0.25, 0.3) is 0 Å². The van der Waals surface area contributed by atoms with Gasteiger partial charge in [0.05, 0.1) is 24.2 Å². The lowest BCUT2D eigenvalue weighted by molar-refractivity contribution is -0.114. The van der Waals surface area contributed by atoms with Crippen LogP contribution in [0.2, 0.25) is 0 Å². The lowest BCUT2D eigenvalue weighted by Crippen LogP contribution is -2.23. The Balaban J connectivity index is 2.87. The van der Waals surface area contributed by atoms with E-state index in [4.69, 9.17) is 9.47 Å². The van der Waals surface area contributed by atoms with E-state index in [-0.39, 0.29) is 17.6 Å². The van der Waals surface area contributed by atoms with Crippen molar-refractivity contribution in [2.45, 2.75) is 13.8 Å². The van der Waals surface area contributed by atoms with Crippen LogP contribution in [0.1, 0.15) is 13.8 Å². The van der Waals surface area contributed by atoms with Crippen molar-refractivity contribution in [2.24, 2.45) is 5.92 Å². The first-order valence-electron chi connectivity index (χ1n) is 6.72. The lowest BCUT2D eigenvalue weighted by Gasteiger charge is -2.14. The molecular weight excluding hydrogens is 308 g/mol. The van der Waals surface area contributed by atoms with Gasteiger partial charge in [-0.15, -0.1) is 0 Å². The summed E-state index contributed by atoms with van der Waals surface area (Å²) in [5.74, 6) is -0.0280. The summed E-state index contributed by atoms with van der Waals surface area (Å²) in [6.07, 6.45) is 0. The number of anilines is 2. The zero-order valence-electron chi connectivity index (χ0n) is 13.2. The van der Waals surface area contributed by atoms with Gasteiger partial charge in [0.25, 0.3) is 0 Å². The molecule has 0 bridgehead atoms. The number of ether oxygens (including phenoxy) is 2. The Bertz CT molecular complexity index is 616. The molecule has 0 spiro atoms. The monoisotopic (exact) mass is 330 g/mol. The van der Waals surface area contributed by atoms with Crippen molar-refractivity contribution in [2.75, 3.05) is 36.6 Å². The Morgan fingerprint density at radius 1 is 1.32 bits per heavy atom. The summed E-state index contributed by atoms with van der Waals surface area (Å²) in [5.41, 5.74) is 0.848. The van der Waals surface area contributed by atoms with Crippen molar-refractivity contribution in [1.29, 1.82) is 0 Å². The lowest BCUT2D eigenvalue weighted by atomic mass is 10.2. The quantitative estimate of drug-likeness (QED) is 0.756. The Morgan fingerprint density at radius 2 is 2.00 bits per heavy atom. The second kappa shape index (κ2) is 8.00. The molecule has 1 amide bonds. The molecule has 0 aromatic heterocycles. The van der Waals surface area contributed by atoms with Gasteiger partial charge >= 0.3 is 0 Å². The number of hydrogen-bond acceptors (Lipinski definition) is 5. The van der Waals surface area contributed by atoms with Crippen molar-refractivity contribution in [3.8, 4) is 5.75 Å². The molecule has 7 nitrogen and oxygen atoms in total. The Labute approximate surface area is 131 Å². The number of sulfonamides is 1. The zero-order chi connectivity index (χ0) is 16.8. The molecule has 2 N–H and O–H groups in total. The van der Waals surface area contributed by atoms with Crippen molar-refractivity contribution < 1.29 is 22.7 Å². The molecule has 0 unspecified atom stereocenters. The number of rotatable bonds is 8. The van der Waals surface area contributed by atoms with Crippen LogP contribution in [0.15, 0.2) is 18.2 Å². The van der Waals surface area contributed by atoms with E-state index in [0.29, 0.717) is 23.7 Å². The van der Waals surface area contributed by atoms with Crippen molar-refractivity contribution in [3.63, 3.8) is 0 Å². The third-order valence-electron chi connectivity index (χ3n) is 2.74. The summed E-state index contributed by atoms with van der Waals surface area (Å²) < 4.78 is 36.7. The number of amides is 1. The van der Waals surface area contributed by atoms with Crippen LogP contribution in [-0.4, -0.2) is 40.9 Å². The summed E-state index contributed by atoms with van der Waals surface area (Å²) >= 11 is 0. The molecule has 1 atom stereocenters. The Kier molecular flexibility index (Phi) is 6.63. The molecule has 0 saturated heterocycles. The molecule has 0 aliphatic heterocycles. The van der Waals surface area contributed by atoms with E-state index in [2.05, 4.69) is 10.0 Å². The van der Waals surface area contributed by atoms with Gasteiger partial charge in [0.2, 0.25) is 15.9 Å². The van der Waals surface area contributed by atoms with Gasteiger partial charge in [-0.1, -0.05) is 6.92 Å². The largest absolute Gasteiger partial charge is 0.494 e. The van der Waals surface area contributed by atoms with Gasteiger partial charge in [-0.3, -0.25) is 9.52 Å². The van der Waals surface area contributed by atoms with E-state index in [0.717, 1.165) is 0 Å². The predicted molar refractivity (Wildman–Crippen MR) is 85.7 cm³/mol. The van der Waals surface area contributed by atoms with E-state index >= 15 is 0 Å². The number of nitrogens with one attached hydrogen (secondary N) is 2. The Hall–Kier alpha value is -1.80. The van der Waals surface area contributed by atoms with Crippen LogP contribution < -0.4 is 14.8 Å². The first-order valence-corrected chi connectivity index (χ1v) is 8.37. The van der Waals surface area contributed by atoms with Gasteiger partial charge in [0.1, 0.15) is 5.75 Å². The first-order chi connectivity index (χ1) is 10.3. The number of methoxy groups -OCH3 is 2. The summed E-state index contributed by atoms with van der Waals surface area (Å²) in [7, 11) is -0.516. The third-order valence-corrected chi connectivity index (χ3v) is 4.30. The molecule has 0 heterocycles. The van der Waals surface area contributed by atoms with Gasteiger partial charge in [-0.05, 0) is 18.1 Å². The van der Waals surface area contributed by atoms with Crippen molar-refractivity contribution in [3.05, 3.63) is 18.2 Å². The highest BCUT2D eigenvalue weighted by atomic mass is 32.2. The van der Waals surface area contributed by atoms with Gasteiger partial charge in [0, 0.05) is 26.7 Å². The van der Waals surface area contributed by atoms with E-state index in [1.165, 1.54) is 27.2 Å².